The molecule has 2 rings (SSSR count). The van der Waals surface area contributed by atoms with Crippen molar-refractivity contribution in [1.29, 1.82) is 5.26 Å². The molecule has 3 heteroatoms. The van der Waals surface area contributed by atoms with Gasteiger partial charge in [-0.15, -0.1) is 0 Å². The summed E-state index contributed by atoms with van der Waals surface area (Å²) in [6.45, 7) is 2.00. The largest absolute Gasteiger partial charge is 0.443 e. The van der Waals surface area contributed by atoms with Gasteiger partial charge in [-0.05, 0) is 19.1 Å². The third-order valence-corrected chi connectivity index (χ3v) is 1.88. The maximum absolute atomic E-state index is 8.58. The first kappa shape index (κ1) is 8.52. The van der Waals surface area contributed by atoms with Crippen molar-refractivity contribution in [1.82, 2.24) is 4.98 Å². The van der Waals surface area contributed by atoms with Crippen LogP contribution in [0.2, 0.25) is 0 Å². The number of aryl methyl sites for hydroxylation is 1. The highest BCUT2D eigenvalue weighted by Gasteiger charge is 2.05. The number of rotatable bonds is 1. The molecule has 14 heavy (non-hydrogen) atoms. The quantitative estimate of drug-likeness (QED) is 0.684. The van der Waals surface area contributed by atoms with E-state index in [1.165, 1.54) is 6.26 Å². The van der Waals surface area contributed by atoms with Crippen molar-refractivity contribution in [2.75, 3.05) is 0 Å². The van der Waals surface area contributed by atoms with Crippen LogP contribution in [0.15, 0.2) is 34.9 Å². The molecule has 1 aromatic carbocycles. The van der Waals surface area contributed by atoms with Gasteiger partial charge in [0.2, 0.25) is 5.89 Å². The molecule has 2 aromatic rings. The summed E-state index contributed by atoms with van der Waals surface area (Å²) in [6, 6.07) is 9.72. The molecule has 0 unspecified atom stereocenters. The number of hydrogen-bond donors (Lipinski definition) is 0. The zero-order valence-electron chi connectivity index (χ0n) is 7.69. The van der Waals surface area contributed by atoms with Crippen LogP contribution in [-0.2, 0) is 0 Å². The lowest BCUT2D eigenvalue weighted by Gasteiger charge is -1.95. The average Bonchev–Trinajstić information content (AvgIpc) is 2.66. The van der Waals surface area contributed by atoms with E-state index in [1.54, 1.807) is 0 Å². The summed E-state index contributed by atoms with van der Waals surface area (Å²) < 4.78 is 5.16. The van der Waals surface area contributed by atoms with Crippen molar-refractivity contribution < 1.29 is 4.42 Å². The van der Waals surface area contributed by atoms with Gasteiger partial charge in [-0.2, -0.15) is 10.2 Å². The van der Waals surface area contributed by atoms with Crippen LogP contribution in [0.3, 0.4) is 0 Å². The first-order valence-corrected chi connectivity index (χ1v) is 4.22. The van der Waals surface area contributed by atoms with Gasteiger partial charge in [-0.25, -0.2) is 0 Å². The number of nitriles is 1. The fraction of sp³-hybridized carbons (Fsp3) is 0.0909. The third kappa shape index (κ3) is 1.50. The third-order valence-electron chi connectivity index (χ3n) is 1.88. The van der Waals surface area contributed by atoms with Gasteiger partial charge >= 0.3 is 0 Å². The lowest BCUT2D eigenvalue weighted by Crippen LogP contribution is -1.79. The van der Waals surface area contributed by atoms with Crippen LogP contribution in [0.25, 0.3) is 11.5 Å². The predicted molar refractivity (Wildman–Crippen MR) is 51.4 cm³/mol. The van der Waals surface area contributed by atoms with E-state index in [2.05, 4.69) is 4.98 Å². The van der Waals surface area contributed by atoms with Gasteiger partial charge in [0, 0.05) is 5.56 Å². The van der Waals surface area contributed by atoms with Crippen LogP contribution in [0, 0.1) is 18.3 Å². The zero-order chi connectivity index (χ0) is 9.97. The van der Waals surface area contributed by atoms with Crippen LogP contribution < -0.4 is 0 Å². The first-order chi connectivity index (χ1) is 6.79. The highest BCUT2D eigenvalue weighted by atomic mass is 16.3. The molecular weight excluding hydrogens is 176 g/mol. The molecular formula is C11H8N2O. The molecule has 0 fully saturated rings. The Morgan fingerprint density at radius 3 is 2.93 bits per heavy atom. The van der Waals surface area contributed by atoms with Crippen molar-refractivity contribution >= 4 is 0 Å². The second-order valence-corrected chi connectivity index (χ2v) is 3.02. The highest BCUT2D eigenvalue weighted by molar-refractivity contribution is 5.54. The van der Waals surface area contributed by atoms with Crippen molar-refractivity contribution in [2.45, 2.75) is 6.92 Å². The minimum atomic E-state index is 0.307. The van der Waals surface area contributed by atoms with Crippen LogP contribution in [0.1, 0.15) is 11.3 Å². The molecule has 0 amide bonds. The number of hydrogen-bond acceptors (Lipinski definition) is 3. The number of benzene rings is 1. The topological polar surface area (TPSA) is 49.8 Å². The Morgan fingerprint density at radius 2 is 2.29 bits per heavy atom. The van der Waals surface area contributed by atoms with Gasteiger partial charge in [-0.3, -0.25) is 0 Å². The Bertz CT molecular complexity index is 494. The van der Waals surface area contributed by atoms with Crippen molar-refractivity contribution in [3.05, 3.63) is 41.8 Å². The van der Waals surface area contributed by atoms with Crippen molar-refractivity contribution in [2.24, 2.45) is 0 Å². The smallest absolute Gasteiger partial charge is 0.227 e. The van der Waals surface area contributed by atoms with Gasteiger partial charge in [0.25, 0.3) is 0 Å². The monoisotopic (exact) mass is 184 g/mol. The fourth-order valence-corrected chi connectivity index (χ4v) is 1.24. The summed E-state index contributed by atoms with van der Waals surface area (Å²) in [5, 5.41) is 8.58. The minimum Gasteiger partial charge on any atom is -0.443 e. The van der Waals surface area contributed by atoms with E-state index in [1.807, 2.05) is 37.3 Å². The maximum atomic E-state index is 8.58. The van der Waals surface area contributed by atoms with Crippen molar-refractivity contribution in [3.63, 3.8) is 0 Å². The minimum absolute atomic E-state index is 0.307. The fourth-order valence-electron chi connectivity index (χ4n) is 1.24. The molecule has 0 spiro atoms. The lowest BCUT2D eigenvalue weighted by molar-refractivity contribution is 0.574. The molecule has 0 aliphatic heterocycles. The average molecular weight is 184 g/mol. The second kappa shape index (κ2) is 3.35. The normalized spacial score (nSPS) is 9.71. The van der Waals surface area contributed by atoms with E-state index in [9.17, 15) is 0 Å². The van der Waals surface area contributed by atoms with Gasteiger partial charge in [-0.1, -0.05) is 17.7 Å². The van der Waals surface area contributed by atoms with E-state index < -0.39 is 0 Å². The Balaban J connectivity index is 2.45. The SMILES string of the molecule is Cc1cccc(-c2nc(C#N)co2)c1. The molecule has 0 bridgehead atoms. The maximum Gasteiger partial charge on any atom is 0.227 e. The Morgan fingerprint density at radius 1 is 1.43 bits per heavy atom. The Labute approximate surface area is 81.6 Å². The molecule has 0 saturated heterocycles. The summed E-state index contributed by atoms with van der Waals surface area (Å²) >= 11 is 0. The highest BCUT2D eigenvalue weighted by Crippen LogP contribution is 2.19. The molecule has 68 valence electrons. The summed E-state index contributed by atoms with van der Waals surface area (Å²) in [7, 11) is 0. The van der Waals surface area contributed by atoms with Gasteiger partial charge in [0.1, 0.15) is 12.3 Å². The standard InChI is InChI=1S/C11H8N2O/c1-8-3-2-4-9(5-8)11-13-10(6-12)7-14-11/h2-5,7H,1H3. The zero-order valence-corrected chi connectivity index (χ0v) is 7.69. The van der Waals surface area contributed by atoms with Crippen LogP contribution in [-0.4, -0.2) is 4.98 Å². The van der Waals surface area contributed by atoms with E-state index in [0.717, 1.165) is 11.1 Å². The molecule has 0 aliphatic rings. The number of nitrogens with zero attached hydrogens (tertiary/aromatic N) is 2. The summed E-state index contributed by atoms with van der Waals surface area (Å²) in [6.07, 6.45) is 1.36. The van der Waals surface area contributed by atoms with Crippen LogP contribution in [0.5, 0.6) is 0 Å². The van der Waals surface area contributed by atoms with E-state index >= 15 is 0 Å². The molecule has 1 heterocycles. The number of aromatic nitrogens is 1. The van der Waals surface area contributed by atoms with Gasteiger partial charge in [0.15, 0.2) is 5.69 Å². The molecule has 0 N–H and O–H groups in total. The summed E-state index contributed by atoms with van der Waals surface area (Å²) in [5.41, 5.74) is 2.34. The second-order valence-electron chi connectivity index (χ2n) is 3.02. The van der Waals surface area contributed by atoms with Crippen molar-refractivity contribution in [3.8, 4) is 17.5 Å². The van der Waals surface area contributed by atoms with E-state index in [4.69, 9.17) is 9.68 Å². The summed E-state index contributed by atoms with van der Waals surface area (Å²) in [4.78, 5) is 4.01. The molecule has 0 saturated carbocycles. The number of oxazole rings is 1. The van der Waals surface area contributed by atoms with Crippen LogP contribution in [0.4, 0.5) is 0 Å². The molecule has 0 radical (unpaired) electrons. The van der Waals surface area contributed by atoms with E-state index in [-0.39, 0.29) is 0 Å². The lowest BCUT2D eigenvalue weighted by atomic mass is 10.1. The summed E-state index contributed by atoms with van der Waals surface area (Å²) in [5.74, 6) is 0.491. The molecule has 0 atom stereocenters. The van der Waals surface area contributed by atoms with E-state index in [0.29, 0.717) is 11.6 Å². The van der Waals surface area contributed by atoms with Gasteiger partial charge in [0.05, 0.1) is 0 Å². The first-order valence-electron chi connectivity index (χ1n) is 4.22. The molecule has 1 aromatic heterocycles. The Hall–Kier alpha value is -2.08. The molecule has 3 nitrogen and oxygen atoms in total. The van der Waals surface area contributed by atoms with Gasteiger partial charge < -0.3 is 4.42 Å². The predicted octanol–water partition coefficient (Wildman–Crippen LogP) is 2.52. The molecule has 0 aliphatic carbocycles. The van der Waals surface area contributed by atoms with Crippen LogP contribution >= 0.6 is 0 Å². The Kier molecular flexibility index (Phi) is 2.04.